The second-order valence-electron chi connectivity index (χ2n) is 5.26. The minimum absolute atomic E-state index is 0. The van der Waals surface area contributed by atoms with E-state index in [1.165, 1.54) is 43.5 Å². The van der Waals surface area contributed by atoms with Crippen LogP contribution in [0.2, 0.25) is 0 Å². The van der Waals surface area contributed by atoms with Gasteiger partial charge in [-0.1, -0.05) is 51.3 Å². The van der Waals surface area contributed by atoms with Crippen molar-refractivity contribution in [3.63, 3.8) is 0 Å². The molecule has 0 radical (unpaired) electrons. The van der Waals surface area contributed by atoms with Gasteiger partial charge in [-0.2, -0.15) is 0 Å². The number of hydrogen-bond acceptors (Lipinski definition) is 2. The van der Waals surface area contributed by atoms with Crippen molar-refractivity contribution in [2.75, 3.05) is 18.1 Å². The smallest absolute Gasteiger partial charge is 0.0941 e. The molecule has 1 heterocycles. The number of anilines is 1. The molecule has 3 heteroatoms. The average molecular weight is 386 g/mol. The van der Waals surface area contributed by atoms with Crippen LogP contribution < -0.4 is 4.90 Å². The normalized spacial score (nSPS) is 13.7. The summed E-state index contributed by atoms with van der Waals surface area (Å²) >= 11 is 0. The molecule has 1 aromatic rings. The van der Waals surface area contributed by atoms with Crippen molar-refractivity contribution < 1.29 is 0 Å². The van der Waals surface area contributed by atoms with E-state index < -0.39 is 0 Å². The van der Waals surface area contributed by atoms with Crippen LogP contribution in [0.15, 0.2) is 36.7 Å². The lowest BCUT2D eigenvalue weighted by atomic mass is 10.1. The van der Waals surface area contributed by atoms with Crippen LogP contribution in [0, 0.1) is 0 Å². The highest BCUT2D eigenvalue weighted by Crippen LogP contribution is 2.24. The van der Waals surface area contributed by atoms with Crippen molar-refractivity contribution in [1.82, 2.24) is 4.90 Å². The molecule has 0 N–H and O–H groups in total. The lowest BCUT2D eigenvalue weighted by Gasteiger charge is -2.23. The SMILES string of the molecule is CCCCCCN1C=CN(c2ccccc2CC)C1.I. The minimum Gasteiger partial charge on any atom is -0.358 e. The third kappa shape index (κ3) is 4.69. The summed E-state index contributed by atoms with van der Waals surface area (Å²) < 4.78 is 0. The summed E-state index contributed by atoms with van der Waals surface area (Å²) in [5.74, 6) is 0. The highest BCUT2D eigenvalue weighted by molar-refractivity contribution is 14.0. The zero-order chi connectivity index (χ0) is 13.5. The summed E-state index contributed by atoms with van der Waals surface area (Å²) in [4.78, 5) is 4.78. The first-order valence-electron chi connectivity index (χ1n) is 7.62. The van der Waals surface area contributed by atoms with Crippen molar-refractivity contribution in [3.05, 3.63) is 42.2 Å². The van der Waals surface area contributed by atoms with Crippen molar-refractivity contribution in [2.24, 2.45) is 0 Å². The summed E-state index contributed by atoms with van der Waals surface area (Å²) in [6.07, 6.45) is 10.9. The van der Waals surface area contributed by atoms with Gasteiger partial charge in [-0.25, -0.2) is 0 Å². The lowest BCUT2D eigenvalue weighted by molar-refractivity contribution is 0.389. The molecule has 0 bridgehead atoms. The molecule has 0 saturated heterocycles. The number of aryl methyl sites for hydroxylation is 1. The Balaban J connectivity index is 0.00000200. The fraction of sp³-hybridized carbons (Fsp3) is 0.529. The number of benzene rings is 1. The van der Waals surface area contributed by atoms with Crippen LogP contribution >= 0.6 is 24.0 Å². The second kappa shape index (κ2) is 9.27. The summed E-state index contributed by atoms with van der Waals surface area (Å²) in [7, 11) is 0. The summed E-state index contributed by atoms with van der Waals surface area (Å²) in [5.41, 5.74) is 2.79. The number of hydrogen-bond donors (Lipinski definition) is 0. The highest BCUT2D eigenvalue weighted by Gasteiger charge is 2.15. The van der Waals surface area contributed by atoms with E-state index in [0.717, 1.165) is 13.1 Å². The first-order chi connectivity index (χ1) is 9.35. The molecule has 112 valence electrons. The summed E-state index contributed by atoms with van der Waals surface area (Å²) in [6.45, 7) is 6.67. The van der Waals surface area contributed by atoms with Crippen molar-refractivity contribution in [1.29, 1.82) is 0 Å². The van der Waals surface area contributed by atoms with Gasteiger partial charge in [-0.3, -0.25) is 0 Å². The molecule has 0 saturated carbocycles. The van der Waals surface area contributed by atoms with Gasteiger partial charge >= 0.3 is 0 Å². The van der Waals surface area contributed by atoms with Gasteiger partial charge in [0.2, 0.25) is 0 Å². The molecular formula is C17H27IN2. The Kier molecular flexibility index (Phi) is 8.04. The molecule has 20 heavy (non-hydrogen) atoms. The maximum atomic E-state index is 2.42. The molecule has 0 aromatic heterocycles. The van der Waals surface area contributed by atoms with E-state index in [0.29, 0.717) is 0 Å². The second-order valence-corrected chi connectivity index (χ2v) is 5.26. The van der Waals surface area contributed by atoms with Crippen LogP contribution in [0.1, 0.15) is 45.1 Å². The molecule has 0 unspecified atom stereocenters. The molecule has 1 aliphatic rings. The van der Waals surface area contributed by atoms with Gasteiger partial charge in [0.05, 0.1) is 6.67 Å². The number of rotatable bonds is 7. The van der Waals surface area contributed by atoms with Gasteiger partial charge in [0.15, 0.2) is 0 Å². The lowest BCUT2D eigenvalue weighted by Crippen LogP contribution is -2.26. The largest absolute Gasteiger partial charge is 0.358 e. The van der Waals surface area contributed by atoms with Crippen molar-refractivity contribution in [3.8, 4) is 0 Å². The van der Waals surface area contributed by atoms with Gasteiger partial charge in [-0.05, 0) is 24.5 Å². The summed E-state index contributed by atoms with van der Waals surface area (Å²) in [6, 6.07) is 8.72. The number of halogens is 1. The molecule has 0 aliphatic carbocycles. The molecule has 2 rings (SSSR count). The number of unbranched alkanes of at least 4 members (excludes halogenated alkanes) is 3. The molecule has 0 spiro atoms. The Hall–Kier alpha value is -0.710. The Morgan fingerprint density at radius 2 is 1.80 bits per heavy atom. The minimum atomic E-state index is 0. The van der Waals surface area contributed by atoms with Crippen LogP contribution in [0.5, 0.6) is 0 Å². The Morgan fingerprint density at radius 3 is 2.55 bits per heavy atom. The molecule has 0 atom stereocenters. The molecule has 1 aliphatic heterocycles. The quantitative estimate of drug-likeness (QED) is 0.481. The fourth-order valence-corrected chi connectivity index (χ4v) is 2.60. The zero-order valence-electron chi connectivity index (χ0n) is 12.7. The number of para-hydroxylation sites is 1. The third-order valence-electron chi connectivity index (χ3n) is 3.77. The van der Waals surface area contributed by atoms with E-state index in [2.05, 4.69) is 60.3 Å². The summed E-state index contributed by atoms with van der Waals surface area (Å²) in [5, 5.41) is 0. The van der Waals surface area contributed by atoms with E-state index in [9.17, 15) is 0 Å². The Morgan fingerprint density at radius 1 is 1.00 bits per heavy atom. The van der Waals surface area contributed by atoms with E-state index in [4.69, 9.17) is 0 Å². The van der Waals surface area contributed by atoms with Gasteiger partial charge in [0, 0.05) is 24.6 Å². The molecular weight excluding hydrogens is 359 g/mol. The van der Waals surface area contributed by atoms with Crippen molar-refractivity contribution >= 4 is 29.7 Å². The van der Waals surface area contributed by atoms with Gasteiger partial charge in [-0.15, -0.1) is 24.0 Å². The Labute approximate surface area is 140 Å². The predicted octanol–water partition coefficient (Wildman–Crippen LogP) is 5.00. The molecule has 1 aromatic carbocycles. The first kappa shape index (κ1) is 17.3. The third-order valence-corrected chi connectivity index (χ3v) is 3.77. The van der Waals surface area contributed by atoms with E-state index >= 15 is 0 Å². The predicted molar refractivity (Wildman–Crippen MR) is 98.6 cm³/mol. The van der Waals surface area contributed by atoms with Gasteiger partial charge < -0.3 is 9.80 Å². The van der Waals surface area contributed by atoms with Crippen LogP contribution in [0.25, 0.3) is 0 Å². The van der Waals surface area contributed by atoms with Crippen LogP contribution in [-0.2, 0) is 6.42 Å². The maximum Gasteiger partial charge on any atom is 0.0941 e. The van der Waals surface area contributed by atoms with E-state index in [1.807, 2.05) is 0 Å². The molecule has 0 amide bonds. The topological polar surface area (TPSA) is 6.48 Å². The molecule has 2 nitrogen and oxygen atoms in total. The zero-order valence-corrected chi connectivity index (χ0v) is 15.0. The standard InChI is InChI=1S/C17H26N2.HI/c1-3-5-6-9-12-18-13-14-19(15-18)17-11-8-7-10-16(17)4-2;/h7-8,10-11,13-14H,3-6,9,12,15H2,1-2H3;1H. The maximum absolute atomic E-state index is 2.42. The van der Waals surface area contributed by atoms with Crippen LogP contribution in [-0.4, -0.2) is 18.1 Å². The Bertz CT molecular complexity index is 417. The fourth-order valence-electron chi connectivity index (χ4n) is 2.60. The van der Waals surface area contributed by atoms with Gasteiger partial charge in [0.1, 0.15) is 0 Å². The van der Waals surface area contributed by atoms with Crippen molar-refractivity contribution in [2.45, 2.75) is 46.0 Å². The number of nitrogens with zero attached hydrogens (tertiary/aromatic N) is 2. The molecule has 0 fully saturated rings. The first-order valence-corrected chi connectivity index (χ1v) is 7.62. The van der Waals surface area contributed by atoms with Crippen LogP contribution in [0.4, 0.5) is 5.69 Å². The van der Waals surface area contributed by atoms with Crippen LogP contribution in [0.3, 0.4) is 0 Å². The monoisotopic (exact) mass is 386 g/mol. The van der Waals surface area contributed by atoms with E-state index in [1.54, 1.807) is 0 Å². The highest BCUT2D eigenvalue weighted by atomic mass is 127. The average Bonchev–Trinajstić information content (AvgIpc) is 2.92. The van der Waals surface area contributed by atoms with Gasteiger partial charge in [0.25, 0.3) is 0 Å². The van der Waals surface area contributed by atoms with E-state index in [-0.39, 0.29) is 24.0 Å².